The highest BCUT2D eigenvalue weighted by Gasteiger charge is 2.17. The first-order valence-electron chi connectivity index (χ1n) is 9.90. The van der Waals surface area contributed by atoms with E-state index in [4.69, 9.17) is 14.5 Å². The van der Waals surface area contributed by atoms with Crippen LogP contribution < -0.4 is 14.4 Å². The molecule has 0 bridgehead atoms. The maximum absolute atomic E-state index is 5.33. The van der Waals surface area contributed by atoms with Gasteiger partial charge in [-0.3, -0.25) is 4.98 Å². The summed E-state index contributed by atoms with van der Waals surface area (Å²) in [4.78, 5) is 9.67. The topological polar surface area (TPSA) is 37.8 Å². The summed E-state index contributed by atoms with van der Waals surface area (Å²) < 4.78 is 10.6. The third-order valence-electron chi connectivity index (χ3n) is 5.51. The Morgan fingerprint density at radius 2 is 1.31 bits per heavy atom. The largest absolute Gasteiger partial charge is 0.497 e. The van der Waals surface area contributed by atoms with Crippen LogP contribution in [0, 0.1) is 0 Å². The van der Waals surface area contributed by atoms with E-state index < -0.39 is 0 Å². The van der Waals surface area contributed by atoms with Crippen molar-refractivity contribution in [1.29, 1.82) is 0 Å². The quantitative estimate of drug-likeness (QED) is 0.654. The van der Waals surface area contributed by atoms with E-state index in [0.717, 1.165) is 60.1 Å². The summed E-state index contributed by atoms with van der Waals surface area (Å²) in [7, 11) is 5.54. The summed E-state index contributed by atoms with van der Waals surface area (Å²) in [6.45, 7) is 4.17. The Morgan fingerprint density at radius 3 is 1.86 bits per heavy atom. The zero-order chi connectivity index (χ0) is 20.2. The number of benzene rings is 2. The van der Waals surface area contributed by atoms with Crippen molar-refractivity contribution in [2.75, 3.05) is 52.3 Å². The van der Waals surface area contributed by atoms with Gasteiger partial charge in [-0.05, 0) is 55.1 Å². The van der Waals surface area contributed by atoms with Crippen molar-refractivity contribution >= 4 is 5.69 Å². The Labute approximate surface area is 172 Å². The van der Waals surface area contributed by atoms with Crippen LogP contribution >= 0.6 is 0 Å². The minimum Gasteiger partial charge on any atom is -0.497 e. The third kappa shape index (κ3) is 4.20. The fourth-order valence-electron chi connectivity index (χ4n) is 3.66. The number of anilines is 1. The number of nitrogens with zero attached hydrogens (tertiary/aromatic N) is 3. The number of aromatic nitrogens is 1. The van der Waals surface area contributed by atoms with Crippen molar-refractivity contribution < 1.29 is 9.47 Å². The first-order valence-corrected chi connectivity index (χ1v) is 9.90. The van der Waals surface area contributed by atoms with Gasteiger partial charge in [0.25, 0.3) is 0 Å². The van der Waals surface area contributed by atoms with Gasteiger partial charge in [-0.25, -0.2) is 0 Å². The van der Waals surface area contributed by atoms with E-state index in [2.05, 4.69) is 47.2 Å². The molecule has 2 aromatic carbocycles. The van der Waals surface area contributed by atoms with Crippen molar-refractivity contribution in [3.63, 3.8) is 0 Å². The third-order valence-corrected chi connectivity index (χ3v) is 5.51. The predicted octanol–water partition coefficient (Wildman–Crippen LogP) is 4.18. The molecule has 0 amide bonds. The molecule has 0 unspecified atom stereocenters. The molecule has 0 N–H and O–H groups in total. The first kappa shape index (κ1) is 19.3. The average molecular weight is 389 g/mol. The van der Waals surface area contributed by atoms with E-state index in [-0.39, 0.29) is 0 Å². The minimum absolute atomic E-state index is 0.841. The van der Waals surface area contributed by atoms with E-state index in [1.807, 2.05) is 30.5 Å². The van der Waals surface area contributed by atoms with E-state index >= 15 is 0 Å². The summed E-state index contributed by atoms with van der Waals surface area (Å²) in [6, 6.07) is 18.5. The summed E-state index contributed by atoms with van der Waals surface area (Å²) >= 11 is 0. The second-order valence-corrected chi connectivity index (χ2v) is 7.34. The van der Waals surface area contributed by atoms with Crippen LogP contribution in [0.2, 0.25) is 0 Å². The number of ether oxygens (including phenoxy) is 2. The lowest BCUT2D eigenvalue weighted by atomic mass is 9.98. The van der Waals surface area contributed by atoms with Gasteiger partial charge in [0, 0.05) is 37.3 Å². The number of rotatable bonds is 5. The van der Waals surface area contributed by atoms with Crippen LogP contribution in [0.5, 0.6) is 11.5 Å². The van der Waals surface area contributed by atoms with Crippen LogP contribution in [-0.2, 0) is 0 Å². The molecule has 0 atom stereocenters. The number of likely N-dealkylation sites (N-methyl/N-ethyl adjacent to an activating group) is 1. The molecule has 3 aromatic rings. The lowest BCUT2D eigenvalue weighted by Crippen LogP contribution is -2.44. The summed E-state index contributed by atoms with van der Waals surface area (Å²) in [6.07, 6.45) is 2.00. The molecule has 29 heavy (non-hydrogen) atoms. The van der Waals surface area contributed by atoms with E-state index in [1.54, 1.807) is 14.2 Å². The lowest BCUT2D eigenvalue weighted by molar-refractivity contribution is 0.313. The van der Waals surface area contributed by atoms with Gasteiger partial charge >= 0.3 is 0 Å². The monoisotopic (exact) mass is 389 g/mol. The molecule has 1 fully saturated rings. The molecule has 1 saturated heterocycles. The molecule has 5 heteroatoms. The highest BCUT2D eigenvalue weighted by atomic mass is 16.5. The van der Waals surface area contributed by atoms with Crippen molar-refractivity contribution in [2.24, 2.45) is 0 Å². The highest BCUT2D eigenvalue weighted by molar-refractivity contribution is 5.83. The molecule has 1 aromatic heterocycles. The second-order valence-electron chi connectivity index (χ2n) is 7.34. The number of hydrogen-bond donors (Lipinski definition) is 0. The van der Waals surface area contributed by atoms with Crippen molar-refractivity contribution in [3.05, 3.63) is 60.8 Å². The van der Waals surface area contributed by atoms with Gasteiger partial charge in [-0.1, -0.05) is 12.1 Å². The Kier molecular flexibility index (Phi) is 5.67. The zero-order valence-electron chi connectivity index (χ0n) is 17.3. The van der Waals surface area contributed by atoms with Gasteiger partial charge in [-0.2, -0.15) is 0 Å². The number of pyridine rings is 1. The van der Waals surface area contributed by atoms with Gasteiger partial charge in [0.05, 0.1) is 31.8 Å². The smallest absolute Gasteiger partial charge is 0.118 e. The molecular weight excluding hydrogens is 362 g/mol. The SMILES string of the molecule is COc1ccc(-c2cc(N3CCN(C)CC3)cnc2-c2ccc(OC)cc2)cc1. The molecular formula is C24H27N3O2. The van der Waals surface area contributed by atoms with Crippen LogP contribution in [0.4, 0.5) is 5.69 Å². The second kappa shape index (κ2) is 8.53. The number of hydrogen-bond acceptors (Lipinski definition) is 5. The fourth-order valence-corrected chi connectivity index (χ4v) is 3.66. The normalized spacial score (nSPS) is 14.7. The maximum Gasteiger partial charge on any atom is 0.118 e. The molecule has 5 nitrogen and oxygen atoms in total. The standard InChI is InChI=1S/C24H27N3O2/c1-26-12-14-27(15-13-26)20-16-23(18-4-8-21(28-2)9-5-18)24(25-17-20)19-6-10-22(29-3)11-7-19/h4-11,16-17H,12-15H2,1-3H3. The summed E-state index contributed by atoms with van der Waals surface area (Å²) in [5.74, 6) is 1.69. The molecule has 4 rings (SSSR count). The molecule has 2 heterocycles. The Hall–Kier alpha value is -3.05. The van der Waals surface area contributed by atoms with Crippen molar-refractivity contribution in [1.82, 2.24) is 9.88 Å². The average Bonchev–Trinajstić information content (AvgIpc) is 2.79. The first-order chi connectivity index (χ1) is 14.2. The molecule has 1 aliphatic heterocycles. The van der Waals surface area contributed by atoms with E-state index in [9.17, 15) is 0 Å². The molecule has 0 saturated carbocycles. The number of piperazine rings is 1. The maximum atomic E-state index is 5.33. The summed E-state index contributed by atoms with van der Waals surface area (Å²) in [5, 5.41) is 0. The van der Waals surface area contributed by atoms with Crippen LogP contribution in [0.3, 0.4) is 0 Å². The van der Waals surface area contributed by atoms with Crippen LogP contribution in [0.1, 0.15) is 0 Å². The van der Waals surface area contributed by atoms with Crippen LogP contribution in [-0.4, -0.2) is 57.3 Å². The zero-order valence-corrected chi connectivity index (χ0v) is 17.3. The predicted molar refractivity (Wildman–Crippen MR) is 118 cm³/mol. The van der Waals surface area contributed by atoms with Crippen molar-refractivity contribution in [2.45, 2.75) is 0 Å². The minimum atomic E-state index is 0.841. The lowest BCUT2D eigenvalue weighted by Gasteiger charge is -2.34. The number of methoxy groups -OCH3 is 2. The molecule has 0 aliphatic carbocycles. The molecule has 1 aliphatic rings. The van der Waals surface area contributed by atoms with Gasteiger partial charge in [-0.15, -0.1) is 0 Å². The Bertz CT molecular complexity index is 947. The Balaban J connectivity index is 1.76. The van der Waals surface area contributed by atoms with Crippen molar-refractivity contribution in [3.8, 4) is 33.9 Å². The van der Waals surface area contributed by atoms with Gasteiger partial charge in [0.15, 0.2) is 0 Å². The molecule has 0 spiro atoms. The fraction of sp³-hybridized carbons (Fsp3) is 0.292. The van der Waals surface area contributed by atoms with Gasteiger partial charge in [0.1, 0.15) is 11.5 Å². The van der Waals surface area contributed by atoms with Gasteiger partial charge in [0.2, 0.25) is 0 Å². The summed E-state index contributed by atoms with van der Waals surface area (Å²) in [5.41, 5.74) is 5.45. The van der Waals surface area contributed by atoms with Crippen LogP contribution in [0.15, 0.2) is 60.8 Å². The van der Waals surface area contributed by atoms with E-state index in [0.29, 0.717) is 0 Å². The Morgan fingerprint density at radius 1 is 0.759 bits per heavy atom. The van der Waals surface area contributed by atoms with E-state index in [1.165, 1.54) is 5.69 Å². The van der Waals surface area contributed by atoms with Gasteiger partial charge < -0.3 is 19.3 Å². The highest BCUT2D eigenvalue weighted by Crippen LogP contribution is 2.35. The van der Waals surface area contributed by atoms with Crippen LogP contribution in [0.25, 0.3) is 22.4 Å². The molecule has 150 valence electrons. The molecule has 0 radical (unpaired) electrons.